The number of aryl methyl sites for hydroxylation is 2. The molecule has 11 heterocycles. The Hall–Kier alpha value is -7.72. The third-order valence-electron chi connectivity index (χ3n) is 22.5. The Kier molecular flexibility index (Phi) is 23.1. The van der Waals surface area contributed by atoms with Crippen LogP contribution in [0.4, 0.5) is 10.1 Å². The van der Waals surface area contributed by atoms with Crippen molar-refractivity contribution in [1.29, 1.82) is 0 Å². The zero-order valence-electron chi connectivity index (χ0n) is 62.2. The number of rotatable bonds is 8. The van der Waals surface area contributed by atoms with E-state index in [2.05, 4.69) is 92.7 Å². The fourth-order valence-electron chi connectivity index (χ4n) is 17.0. The van der Waals surface area contributed by atoms with E-state index in [1.54, 1.807) is 39.4 Å². The monoisotopic (exact) mass is 1670 g/mol. The molecule has 8 atom stereocenters. The quantitative estimate of drug-likeness (QED) is 0.0702. The van der Waals surface area contributed by atoms with Crippen LogP contribution in [0.2, 0.25) is 5.02 Å². The number of carboxylic acids is 1. The van der Waals surface area contributed by atoms with E-state index in [1.165, 1.54) is 17.2 Å². The van der Waals surface area contributed by atoms with Crippen LogP contribution in [0.3, 0.4) is 0 Å². The van der Waals surface area contributed by atoms with Gasteiger partial charge in [-0.3, -0.25) is 14.4 Å². The molecule has 0 radical (unpaired) electrons. The predicted octanol–water partition coefficient (Wildman–Crippen LogP) is 15.2. The molecular formula is C82H84Cl7FN8O14. The first kappa shape index (κ1) is 79.5. The molecule has 6 fully saturated rings. The van der Waals surface area contributed by atoms with Gasteiger partial charge in [0.15, 0.2) is 28.7 Å². The van der Waals surface area contributed by atoms with Gasteiger partial charge >= 0.3 is 5.97 Å². The second-order valence-corrected chi connectivity index (χ2v) is 33.1. The molecule has 30 heteroatoms. The Morgan fingerprint density at radius 2 is 1.25 bits per heavy atom. The van der Waals surface area contributed by atoms with Crippen molar-refractivity contribution in [2.24, 2.45) is 11.8 Å². The van der Waals surface area contributed by atoms with Gasteiger partial charge in [-0.25, -0.2) is 9.18 Å². The molecule has 7 aromatic carbocycles. The van der Waals surface area contributed by atoms with Crippen molar-refractivity contribution in [2.75, 3.05) is 86.1 Å². The number of alkyl halides is 6. The van der Waals surface area contributed by atoms with E-state index in [0.717, 1.165) is 144 Å². The number of halogens is 8. The number of nitrogens with one attached hydrogen (secondary N) is 3. The number of aromatic nitrogens is 3. The van der Waals surface area contributed by atoms with E-state index >= 15 is 0 Å². The SMILES string of the molecule is CN(C)C=O.CN[C@H]1C[C@@H]2O[C@](C)([C@H]1OC)n1c3ccccc3c3c4c(c5c6ccccc6n2c5c31)C(=O)NC4.Cc1cc(O)cc(C)c1Cl.Cl[C@H]1[C@H](Cl)[C@@H](Cl)[C@@H](Cl)[C@H](Cl)[C@H]1Cl.O=C(O)c1cn(C2CC2)c2cc(N3CCNCC3)c(F)cc2c1=O.c1cc2c(cc1[C@H]1OC[C@H]3[C@@H]1CO[C@@H]3c1ccc3c(c1)OCO3)OCO2. The Morgan fingerprint density at radius 1 is 0.714 bits per heavy atom. The minimum atomic E-state index is -1.28. The first-order valence-corrected chi connectivity index (χ1v) is 40.0. The van der Waals surface area contributed by atoms with Crippen molar-refractivity contribution in [3.8, 4) is 28.7 Å². The summed E-state index contributed by atoms with van der Waals surface area (Å²) >= 11 is 41.1. The number of nitrogens with zero attached hydrogens (tertiary/aromatic N) is 5. The number of piperazine rings is 1. The van der Waals surface area contributed by atoms with Gasteiger partial charge in [0, 0.05) is 122 Å². The summed E-state index contributed by atoms with van der Waals surface area (Å²) < 4.78 is 68.6. The summed E-state index contributed by atoms with van der Waals surface area (Å²) in [4.78, 5) is 49.9. The molecule has 2 aliphatic carbocycles. The fraction of sp³-hybridized carbons (Fsp3) is 0.415. The molecule has 0 spiro atoms. The number of aromatic hydroxyl groups is 1. The van der Waals surface area contributed by atoms with Gasteiger partial charge in [-0.1, -0.05) is 60.1 Å². The van der Waals surface area contributed by atoms with Crippen molar-refractivity contribution in [1.82, 2.24) is 34.6 Å². The van der Waals surface area contributed by atoms with Crippen molar-refractivity contribution in [3.63, 3.8) is 0 Å². The molecule has 5 N–H and O–H groups in total. The Labute approximate surface area is 679 Å². The van der Waals surface area contributed by atoms with Crippen molar-refractivity contribution in [2.45, 2.75) is 121 Å². The maximum Gasteiger partial charge on any atom is 0.341 e. The number of fused-ring (bicyclic) bond motifs is 17. The second kappa shape index (κ2) is 32.5. The van der Waals surface area contributed by atoms with Gasteiger partial charge in [0.1, 0.15) is 29.5 Å². The van der Waals surface area contributed by atoms with E-state index in [-0.39, 0.29) is 72.8 Å². The van der Waals surface area contributed by atoms with Crippen LogP contribution in [0, 0.1) is 31.5 Å². The third kappa shape index (κ3) is 14.5. The number of phenols is 1. The molecule has 3 aromatic heterocycles. The first-order valence-electron chi connectivity index (χ1n) is 37.0. The zero-order valence-corrected chi connectivity index (χ0v) is 67.5. The number of amides is 2. The molecule has 20 rings (SSSR count). The van der Waals surface area contributed by atoms with Gasteiger partial charge in [0.05, 0.1) is 96.5 Å². The highest BCUT2D eigenvalue weighted by molar-refractivity contribution is 6.45. The maximum atomic E-state index is 14.6. The molecule has 2 bridgehead atoms. The number of phenolic OH excluding ortho intramolecular Hbond substituents is 1. The molecule has 8 aliphatic heterocycles. The van der Waals surface area contributed by atoms with E-state index in [0.29, 0.717) is 55.9 Å². The number of carbonyl (C=O) groups is 3. The second-order valence-electron chi connectivity index (χ2n) is 29.7. The highest BCUT2D eigenvalue weighted by Crippen LogP contribution is 2.56. The van der Waals surface area contributed by atoms with Gasteiger partial charge in [-0.15, -0.1) is 69.6 Å². The fourth-order valence-corrected chi connectivity index (χ4v) is 19.5. The van der Waals surface area contributed by atoms with Crippen LogP contribution in [0.5, 0.6) is 28.7 Å². The number of carboxylic acid groups (broad SMARTS) is 1. The normalized spacial score (nSPS) is 26.7. The van der Waals surface area contributed by atoms with Crippen LogP contribution >= 0.6 is 81.2 Å². The third-order valence-corrected chi connectivity index (χ3v) is 27.1. The molecule has 2 amide bonds. The molecule has 4 saturated heterocycles. The first-order chi connectivity index (χ1) is 53.8. The molecule has 22 nitrogen and oxygen atoms in total. The van der Waals surface area contributed by atoms with Crippen LogP contribution in [-0.4, -0.2) is 173 Å². The number of anilines is 1. The van der Waals surface area contributed by atoms with E-state index in [1.807, 2.05) is 54.6 Å². The lowest BCUT2D eigenvalue weighted by atomic mass is 9.85. The maximum absolute atomic E-state index is 14.6. The minimum absolute atomic E-state index is 0.00357. The lowest BCUT2D eigenvalue weighted by molar-refractivity contribution is -0.256. The molecule has 10 aromatic rings. The number of carbonyl (C=O) groups excluding carboxylic acids is 2. The van der Waals surface area contributed by atoms with Crippen molar-refractivity contribution < 1.29 is 66.9 Å². The molecule has 10 aliphatic rings. The van der Waals surface area contributed by atoms with Gasteiger partial charge in [-0.2, -0.15) is 0 Å². The number of benzene rings is 7. The molecule has 0 unspecified atom stereocenters. The number of methoxy groups -OCH3 is 1. The number of para-hydroxylation sites is 2. The lowest BCUT2D eigenvalue weighted by Crippen LogP contribution is -2.59. The number of hydrogen-bond donors (Lipinski definition) is 5. The van der Waals surface area contributed by atoms with E-state index in [9.17, 15) is 28.7 Å². The smallest absolute Gasteiger partial charge is 0.341 e. The molecular weight excluding hydrogens is 1590 g/mol. The van der Waals surface area contributed by atoms with Crippen LogP contribution in [0.15, 0.2) is 120 Å². The Bertz CT molecular complexity index is 5220. The summed E-state index contributed by atoms with van der Waals surface area (Å²) in [6.07, 6.45) is 4.42. The Morgan fingerprint density at radius 3 is 1.78 bits per heavy atom. The summed E-state index contributed by atoms with van der Waals surface area (Å²) in [5.41, 5.74) is 9.74. The average Bonchev–Trinajstić information content (AvgIpc) is 1.50. The number of pyridine rings is 1. The topological polar surface area (TPSA) is 240 Å². The van der Waals surface area contributed by atoms with Crippen LogP contribution < -0.4 is 45.2 Å². The van der Waals surface area contributed by atoms with Crippen molar-refractivity contribution >= 4 is 160 Å². The summed E-state index contributed by atoms with van der Waals surface area (Å²) in [7, 11) is 7.14. The minimum Gasteiger partial charge on any atom is -0.508 e. The summed E-state index contributed by atoms with van der Waals surface area (Å²) in [6.45, 7) is 11.3. The van der Waals surface area contributed by atoms with E-state index < -0.39 is 55.2 Å². The number of aromatic carboxylic acids is 1. The Balaban J connectivity index is 0.000000116. The van der Waals surface area contributed by atoms with Crippen LogP contribution in [-0.2, 0) is 36.0 Å². The summed E-state index contributed by atoms with van der Waals surface area (Å²) in [5, 5.41) is 30.8. The standard InChI is InChI=1S/C28H26N4O3.C20H18O6.C17H18FN3O3.C8H9ClO.C6H6Cl6.C3H7NO/c1-28-26(34-3)17(29-2)12-20(35-28)31-18-10-6-4-8-14(18)22-23-16(13-30-27(23)33)21-15-9-5-7-11-19(15)32(28)25(21)24(22)31;1-3-15-17(25-9-23-15)5-11(1)19-13-7-22-20(14(13)8-21-19)12-2-4-16-18(6-12)26-10-24-16;18-13-7-11-14(8-15(13)20-5-3-19-4-6-20)21(10-1-2-10)9-12(16(11)22)17(23)24;1-5-3-7(10)4-6(2)8(5)9;7-1-2(8)4(10)6(12)5(11)3(1)9;1-4(2)3-5/h4-11,17,20,26,29H,12-13H2,1-3H3,(H,30,33);1-6,13-14,19-20H,7-10H2;7-10,19H,1-6H2,(H,23,24);3-4,10H,1-2H3;1-6H;3H,1-2H3/t17-,20-,26-,28+;13-,14-,19+,20+;;;1-,2-,3-,4+,5+,6+;/m00..../s1. The van der Waals surface area contributed by atoms with Gasteiger partial charge in [0.2, 0.25) is 25.4 Å². The highest BCUT2D eigenvalue weighted by atomic mass is 35.5. The number of hydrogen-bond acceptors (Lipinski definition) is 16. The largest absolute Gasteiger partial charge is 0.508 e. The van der Waals surface area contributed by atoms with Crippen LogP contribution in [0.1, 0.15) is 99.2 Å². The molecule has 592 valence electrons. The van der Waals surface area contributed by atoms with E-state index in [4.69, 9.17) is 124 Å². The van der Waals surface area contributed by atoms with Crippen molar-refractivity contribution in [3.05, 3.63) is 175 Å². The highest BCUT2D eigenvalue weighted by Gasteiger charge is 2.54. The summed E-state index contributed by atoms with van der Waals surface area (Å²) in [5.74, 6) is 2.35. The molecule has 112 heavy (non-hydrogen) atoms. The summed E-state index contributed by atoms with van der Waals surface area (Å²) in [6, 6.07) is 35.4. The van der Waals surface area contributed by atoms with Gasteiger partial charge < -0.3 is 87.6 Å². The number of ether oxygens (including phenoxy) is 8. The van der Waals surface area contributed by atoms with Gasteiger partial charge in [0.25, 0.3) is 5.91 Å². The number of likely N-dealkylation sites (N-methyl/N-ethyl adjacent to an activating group) is 1. The lowest BCUT2D eigenvalue weighted by Gasteiger charge is -2.48. The molecule has 2 saturated carbocycles. The van der Waals surface area contributed by atoms with Crippen LogP contribution in [0.25, 0.3) is 54.5 Å². The predicted molar refractivity (Wildman–Crippen MR) is 434 cm³/mol. The average molecular weight is 1670 g/mol. The van der Waals surface area contributed by atoms with Gasteiger partial charge in [-0.05, 0) is 129 Å². The zero-order chi connectivity index (χ0) is 79.0.